The van der Waals surface area contributed by atoms with Crippen LogP contribution in [0.25, 0.3) is 0 Å². The van der Waals surface area contributed by atoms with Crippen molar-refractivity contribution in [3.63, 3.8) is 0 Å². The smallest absolute Gasteiger partial charge is 0.270 e. The fourth-order valence-corrected chi connectivity index (χ4v) is 1.03. The molecule has 0 saturated heterocycles. The Hall–Kier alpha value is 0.133. The van der Waals surface area contributed by atoms with E-state index in [2.05, 4.69) is 61.9 Å². The molecule has 0 atom stereocenters. The van der Waals surface area contributed by atoms with Gasteiger partial charge in [-0.15, -0.1) is 24.4 Å². The van der Waals surface area contributed by atoms with E-state index in [1.54, 1.807) is 0 Å². The van der Waals surface area contributed by atoms with Crippen LogP contribution in [0, 0.1) is 12.2 Å². The van der Waals surface area contributed by atoms with E-state index in [4.69, 9.17) is 0 Å². The van der Waals surface area contributed by atoms with Crippen molar-refractivity contribution in [1.29, 1.82) is 0 Å². The van der Waals surface area contributed by atoms with Crippen molar-refractivity contribution in [2.45, 2.75) is 26.7 Å². The van der Waals surface area contributed by atoms with E-state index in [1.807, 2.05) is 0 Å². The van der Waals surface area contributed by atoms with Gasteiger partial charge in [0.25, 0.3) is 0 Å². The molecule has 0 bridgehead atoms. The van der Waals surface area contributed by atoms with Gasteiger partial charge in [-0.1, -0.05) is 13.8 Å². The van der Waals surface area contributed by atoms with Crippen LogP contribution in [0.1, 0.15) is 26.7 Å². The maximum atomic E-state index is 4.64. The summed E-state index contributed by atoms with van der Waals surface area (Å²) in [6.07, 6.45) is 18.1. The van der Waals surface area contributed by atoms with Crippen LogP contribution in [-0.2, 0) is 26.2 Å². The third-order valence-electron chi connectivity index (χ3n) is 1.73. The van der Waals surface area contributed by atoms with Gasteiger partial charge in [-0.25, -0.2) is 23.3 Å². The number of hydrogen-bond donors (Lipinski definition) is 0. The normalized spacial score (nSPS) is 15.2. The van der Waals surface area contributed by atoms with Crippen LogP contribution in [0.5, 0.6) is 0 Å². The van der Waals surface area contributed by atoms with Gasteiger partial charge >= 0.3 is 26.2 Å². The minimum Gasteiger partial charge on any atom is -0.270 e. The zero-order valence-corrected chi connectivity index (χ0v) is 12.8. The van der Waals surface area contributed by atoms with Gasteiger partial charge in [0.05, 0.1) is 0 Å². The second-order valence-electron chi connectivity index (χ2n) is 2.93. The Labute approximate surface area is 118 Å². The number of alkyl halides is 1. The van der Waals surface area contributed by atoms with Crippen molar-refractivity contribution >= 4 is 11.6 Å². The summed E-state index contributed by atoms with van der Waals surface area (Å²) >= 11 is 4.64. The molecule has 2 heteroatoms. The third-order valence-corrected chi connectivity index (χ3v) is 1.73. The molecule has 0 aromatic rings. The molecular weight excluding hydrogens is 283 g/mol. The van der Waals surface area contributed by atoms with Gasteiger partial charge in [-0.05, 0) is 0 Å². The molecule has 0 spiro atoms. The summed E-state index contributed by atoms with van der Waals surface area (Å²) in [6.45, 7) is 4.12. The SMILES string of the molecule is CC1=[C-]CC=C1.CC1=[C-]CC=C1.CCl.[Zr+2]. The van der Waals surface area contributed by atoms with E-state index in [0.29, 0.717) is 0 Å². The Balaban J connectivity index is 0. The Kier molecular flexibility index (Phi) is 14.3. The van der Waals surface area contributed by atoms with Crippen LogP contribution in [0.3, 0.4) is 0 Å². The molecule has 0 aromatic carbocycles. The van der Waals surface area contributed by atoms with Crippen LogP contribution in [0.15, 0.2) is 35.5 Å². The van der Waals surface area contributed by atoms with Crippen molar-refractivity contribution in [2.75, 3.05) is 6.38 Å². The van der Waals surface area contributed by atoms with E-state index in [-0.39, 0.29) is 26.2 Å². The predicted octanol–water partition coefficient (Wildman–Crippen LogP) is 4.24. The third kappa shape index (κ3) is 10.4. The van der Waals surface area contributed by atoms with E-state index in [1.165, 1.54) is 17.5 Å². The predicted molar refractivity (Wildman–Crippen MR) is 64.2 cm³/mol. The van der Waals surface area contributed by atoms with Crippen LogP contribution in [-0.4, -0.2) is 6.38 Å². The topological polar surface area (TPSA) is 0 Å². The number of hydrogen-bond acceptors (Lipinski definition) is 0. The molecule has 2 aliphatic carbocycles. The van der Waals surface area contributed by atoms with Crippen molar-refractivity contribution in [1.82, 2.24) is 0 Å². The first-order valence-corrected chi connectivity index (χ1v) is 5.40. The van der Waals surface area contributed by atoms with Crippen molar-refractivity contribution < 1.29 is 26.2 Å². The Morgan fingerprint density at radius 1 is 0.933 bits per heavy atom. The second-order valence-corrected chi connectivity index (χ2v) is 2.93. The van der Waals surface area contributed by atoms with Crippen molar-refractivity contribution in [3.8, 4) is 0 Å². The summed E-state index contributed by atoms with van der Waals surface area (Å²) in [7, 11) is 0. The molecule has 15 heavy (non-hydrogen) atoms. The molecule has 0 amide bonds. The molecule has 0 fully saturated rings. The average Bonchev–Trinajstić information content (AvgIpc) is 2.83. The molecule has 0 N–H and O–H groups in total. The van der Waals surface area contributed by atoms with E-state index >= 15 is 0 Å². The molecule has 0 unspecified atom stereocenters. The van der Waals surface area contributed by atoms with Gasteiger partial charge in [0, 0.05) is 6.38 Å². The largest absolute Gasteiger partial charge is 2.00 e. The van der Waals surface area contributed by atoms with Gasteiger partial charge in [-0.2, -0.15) is 12.2 Å². The summed E-state index contributed by atoms with van der Waals surface area (Å²) in [4.78, 5) is 0. The van der Waals surface area contributed by atoms with Gasteiger partial charge in [-0.3, -0.25) is 12.2 Å². The molecule has 80 valence electrons. The van der Waals surface area contributed by atoms with Crippen LogP contribution >= 0.6 is 11.6 Å². The van der Waals surface area contributed by atoms with Crippen molar-refractivity contribution in [2.24, 2.45) is 0 Å². The second kappa shape index (κ2) is 12.2. The number of halogens is 1. The number of allylic oxidation sites excluding steroid dienone is 8. The first kappa shape index (κ1) is 17.5. The first-order chi connectivity index (χ1) is 6.79. The number of rotatable bonds is 0. The minimum atomic E-state index is 0. The minimum absolute atomic E-state index is 0. The molecule has 0 saturated carbocycles. The standard InChI is InChI=1S/2C6H7.CH3Cl.Zr/c2*1-6-4-2-3-5-6;1-2;/h2*2,4H,3H2,1H3;1H3;/q2*-1;;+2. The average molecular weight is 300 g/mol. The summed E-state index contributed by atoms with van der Waals surface area (Å²) in [5, 5.41) is 0. The van der Waals surface area contributed by atoms with Crippen LogP contribution in [0.2, 0.25) is 0 Å². The summed E-state index contributed by atoms with van der Waals surface area (Å²) in [5.74, 6) is 0. The fourth-order valence-electron chi connectivity index (χ4n) is 1.03. The molecule has 0 aliphatic heterocycles. The molecule has 0 heterocycles. The maximum absolute atomic E-state index is 4.64. The van der Waals surface area contributed by atoms with Crippen molar-refractivity contribution in [3.05, 3.63) is 47.6 Å². The summed E-state index contributed by atoms with van der Waals surface area (Å²) in [5.41, 5.74) is 2.55. The molecule has 0 nitrogen and oxygen atoms in total. The zero-order valence-electron chi connectivity index (χ0n) is 9.60. The van der Waals surface area contributed by atoms with Gasteiger partial charge in [0.2, 0.25) is 0 Å². The molecule has 2 rings (SSSR count). The quantitative estimate of drug-likeness (QED) is 0.463. The van der Waals surface area contributed by atoms with E-state index < -0.39 is 0 Å². The monoisotopic (exact) mass is 298 g/mol. The summed E-state index contributed by atoms with van der Waals surface area (Å²) < 4.78 is 0. The van der Waals surface area contributed by atoms with Gasteiger partial charge in [0.1, 0.15) is 0 Å². The van der Waals surface area contributed by atoms with Crippen LogP contribution < -0.4 is 0 Å². The fraction of sp³-hybridized carbons (Fsp3) is 0.385. The molecule has 2 aliphatic rings. The van der Waals surface area contributed by atoms with Crippen LogP contribution in [0.4, 0.5) is 0 Å². The van der Waals surface area contributed by atoms with Gasteiger partial charge in [0.15, 0.2) is 0 Å². The Morgan fingerprint density at radius 3 is 1.33 bits per heavy atom. The molecular formula is C13H17ClZr. The Morgan fingerprint density at radius 2 is 1.27 bits per heavy atom. The molecule has 0 radical (unpaired) electrons. The zero-order chi connectivity index (χ0) is 10.8. The van der Waals surface area contributed by atoms with E-state index in [0.717, 1.165) is 12.8 Å². The Bertz CT molecular complexity index is 226. The first-order valence-electron chi connectivity index (χ1n) is 4.65. The summed E-state index contributed by atoms with van der Waals surface area (Å²) in [6, 6.07) is 0. The molecule has 0 aromatic heterocycles. The maximum Gasteiger partial charge on any atom is 2.00 e. The van der Waals surface area contributed by atoms with E-state index in [9.17, 15) is 0 Å². The van der Waals surface area contributed by atoms with Gasteiger partial charge < -0.3 is 0 Å².